The second-order valence-electron chi connectivity index (χ2n) is 1.63. The van der Waals surface area contributed by atoms with Gasteiger partial charge in [-0.3, -0.25) is 4.57 Å². The second-order valence-corrected chi connectivity index (χ2v) is 2.73. The zero-order valence-electron chi connectivity index (χ0n) is 5.26. The van der Waals surface area contributed by atoms with Gasteiger partial charge in [-0.1, -0.05) is 0 Å². The molecule has 0 aromatic carbocycles. The molecule has 3 nitrogen and oxygen atoms in total. The van der Waals surface area contributed by atoms with E-state index >= 15 is 0 Å². The summed E-state index contributed by atoms with van der Waals surface area (Å²) in [7, 11) is 3.52. The maximum Gasteiger partial charge on any atom is 0.296 e. The second kappa shape index (κ2) is 2.55. The molecule has 1 aromatic heterocycles. The zero-order chi connectivity index (χ0) is 6.85. The maximum absolute atomic E-state index is 4.91. The number of hydrogen-bond acceptors (Lipinski definition) is 2. The van der Waals surface area contributed by atoms with Crippen molar-refractivity contribution in [3.8, 4) is 6.01 Å². The molecule has 0 bridgehead atoms. The van der Waals surface area contributed by atoms with E-state index in [1.165, 1.54) is 0 Å². The standard InChI is InChI=1S/C5H7IN2O/c1-8-4(6)3-7-5(8)9-2/h3H,1-2H3. The van der Waals surface area contributed by atoms with E-state index < -0.39 is 0 Å². The molecule has 0 N–H and O–H groups in total. The molecule has 1 heterocycles. The largest absolute Gasteiger partial charge is 0.468 e. The highest BCUT2D eigenvalue weighted by molar-refractivity contribution is 14.1. The first-order valence-electron chi connectivity index (χ1n) is 2.47. The van der Waals surface area contributed by atoms with Gasteiger partial charge in [0.15, 0.2) is 0 Å². The molecule has 50 valence electrons. The summed E-state index contributed by atoms with van der Waals surface area (Å²) in [4.78, 5) is 3.97. The average Bonchev–Trinajstić information content (AvgIpc) is 2.15. The third-order valence-electron chi connectivity index (χ3n) is 1.07. The molecule has 9 heavy (non-hydrogen) atoms. The van der Waals surface area contributed by atoms with Crippen LogP contribution in [0.1, 0.15) is 0 Å². The summed E-state index contributed by atoms with van der Waals surface area (Å²) in [6, 6.07) is 0.652. The lowest BCUT2D eigenvalue weighted by atomic mass is 10.9. The van der Waals surface area contributed by atoms with Crippen molar-refractivity contribution in [2.24, 2.45) is 7.05 Å². The summed E-state index contributed by atoms with van der Waals surface area (Å²) in [5, 5.41) is 0. The van der Waals surface area contributed by atoms with Gasteiger partial charge in [0.05, 0.1) is 13.3 Å². The number of aromatic nitrogens is 2. The fourth-order valence-corrected chi connectivity index (χ4v) is 0.908. The van der Waals surface area contributed by atoms with Crippen molar-refractivity contribution in [1.29, 1.82) is 0 Å². The summed E-state index contributed by atoms with van der Waals surface area (Å²) >= 11 is 2.19. The Kier molecular flexibility index (Phi) is 1.94. The minimum Gasteiger partial charge on any atom is -0.468 e. The normalized spacial score (nSPS) is 9.67. The van der Waals surface area contributed by atoms with Gasteiger partial charge in [0.2, 0.25) is 0 Å². The summed E-state index contributed by atoms with van der Waals surface area (Å²) in [5.74, 6) is 0. The van der Waals surface area contributed by atoms with Crippen LogP contribution in [0.4, 0.5) is 0 Å². The predicted molar refractivity (Wildman–Crippen MR) is 42.5 cm³/mol. The van der Waals surface area contributed by atoms with Gasteiger partial charge >= 0.3 is 0 Å². The lowest BCUT2D eigenvalue weighted by Gasteiger charge is -1.97. The lowest BCUT2D eigenvalue weighted by molar-refractivity contribution is 0.365. The van der Waals surface area contributed by atoms with E-state index in [0.29, 0.717) is 6.01 Å². The molecule has 0 aliphatic heterocycles. The predicted octanol–water partition coefficient (Wildman–Crippen LogP) is 1.03. The summed E-state index contributed by atoms with van der Waals surface area (Å²) in [6.07, 6.45) is 1.76. The van der Waals surface area contributed by atoms with Gasteiger partial charge in [-0.25, -0.2) is 4.98 Å². The first-order valence-corrected chi connectivity index (χ1v) is 3.55. The number of halogens is 1. The van der Waals surface area contributed by atoms with Gasteiger partial charge < -0.3 is 4.74 Å². The number of imidazole rings is 1. The quantitative estimate of drug-likeness (QED) is 0.683. The molecule has 0 aliphatic rings. The van der Waals surface area contributed by atoms with Crippen LogP contribution in [0.15, 0.2) is 6.20 Å². The molecular formula is C5H7IN2O. The van der Waals surface area contributed by atoms with Crippen LogP contribution in [-0.2, 0) is 7.05 Å². The van der Waals surface area contributed by atoms with E-state index in [1.807, 2.05) is 11.6 Å². The van der Waals surface area contributed by atoms with Gasteiger partial charge in [-0.2, -0.15) is 0 Å². The Labute approximate surface area is 67.2 Å². The molecule has 1 rings (SSSR count). The molecule has 1 aromatic rings. The molecule has 0 unspecified atom stereocenters. The van der Waals surface area contributed by atoms with E-state index in [2.05, 4.69) is 27.6 Å². The van der Waals surface area contributed by atoms with Gasteiger partial charge in [-0.05, 0) is 22.6 Å². The Balaban J connectivity index is 3.04. The van der Waals surface area contributed by atoms with Crippen LogP contribution < -0.4 is 4.74 Å². The van der Waals surface area contributed by atoms with Gasteiger partial charge in [0, 0.05) is 7.05 Å². The van der Waals surface area contributed by atoms with E-state index in [0.717, 1.165) is 3.70 Å². The average molecular weight is 238 g/mol. The molecule has 0 aliphatic carbocycles. The number of methoxy groups -OCH3 is 1. The lowest BCUT2D eigenvalue weighted by Crippen LogP contribution is -1.95. The Bertz CT molecular complexity index is 209. The fourth-order valence-electron chi connectivity index (χ4n) is 0.563. The van der Waals surface area contributed by atoms with E-state index in [1.54, 1.807) is 13.3 Å². The first-order chi connectivity index (χ1) is 4.25. The van der Waals surface area contributed by atoms with Crippen LogP contribution >= 0.6 is 22.6 Å². The van der Waals surface area contributed by atoms with Crippen molar-refractivity contribution in [3.63, 3.8) is 0 Å². The van der Waals surface area contributed by atoms with E-state index in [9.17, 15) is 0 Å². The summed E-state index contributed by atoms with van der Waals surface area (Å²) < 4.78 is 7.86. The maximum atomic E-state index is 4.91. The molecule has 0 saturated heterocycles. The van der Waals surface area contributed by atoms with Gasteiger partial charge in [0.25, 0.3) is 6.01 Å². The number of ether oxygens (including phenoxy) is 1. The van der Waals surface area contributed by atoms with Crippen molar-refractivity contribution in [2.75, 3.05) is 7.11 Å². The van der Waals surface area contributed by atoms with Crippen LogP contribution in [0.5, 0.6) is 6.01 Å². The third-order valence-corrected chi connectivity index (χ3v) is 2.07. The zero-order valence-corrected chi connectivity index (χ0v) is 7.42. The highest BCUT2D eigenvalue weighted by Crippen LogP contribution is 2.10. The van der Waals surface area contributed by atoms with Gasteiger partial charge in [-0.15, -0.1) is 0 Å². The van der Waals surface area contributed by atoms with Crippen molar-refractivity contribution in [3.05, 3.63) is 9.90 Å². The number of hydrogen-bond donors (Lipinski definition) is 0. The minimum atomic E-state index is 0.652. The van der Waals surface area contributed by atoms with Crippen molar-refractivity contribution < 1.29 is 4.74 Å². The van der Waals surface area contributed by atoms with Gasteiger partial charge in [0.1, 0.15) is 3.70 Å². The highest BCUT2D eigenvalue weighted by atomic mass is 127. The van der Waals surface area contributed by atoms with Crippen LogP contribution in [0, 0.1) is 3.70 Å². The van der Waals surface area contributed by atoms with Crippen molar-refractivity contribution in [1.82, 2.24) is 9.55 Å². The summed E-state index contributed by atoms with van der Waals surface area (Å²) in [6.45, 7) is 0. The van der Waals surface area contributed by atoms with Crippen molar-refractivity contribution >= 4 is 22.6 Å². The highest BCUT2D eigenvalue weighted by Gasteiger charge is 2.00. The monoisotopic (exact) mass is 238 g/mol. The number of nitrogens with zero attached hydrogens (tertiary/aromatic N) is 2. The van der Waals surface area contributed by atoms with Crippen molar-refractivity contribution in [2.45, 2.75) is 0 Å². The molecule has 0 radical (unpaired) electrons. The Morgan fingerprint density at radius 1 is 1.78 bits per heavy atom. The minimum absolute atomic E-state index is 0.652. The molecular weight excluding hydrogens is 231 g/mol. The Hall–Kier alpha value is -0.260. The molecule has 0 fully saturated rings. The molecule has 0 saturated carbocycles. The van der Waals surface area contributed by atoms with Crippen LogP contribution in [0.25, 0.3) is 0 Å². The Morgan fingerprint density at radius 3 is 2.67 bits per heavy atom. The molecule has 0 amide bonds. The number of rotatable bonds is 1. The molecule has 0 spiro atoms. The van der Waals surface area contributed by atoms with E-state index in [4.69, 9.17) is 4.74 Å². The van der Waals surface area contributed by atoms with E-state index in [-0.39, 0.29) is 0 Å². The third kappa shape index (κ3) is 1.17. The molecule has 0 atom stereocenters. The van der Waals surface area contributed by atoms with Crippen LogP contribution in [-0.4, -0.2) is 16.7 Å². The summed E-state index contributed by atoms with van der Waals surface area (Å²) in [5.41, 5.74) is 0. The Morgan fingerprint density at radius 2 is 2.44 bits per heavy atom. The van der Waals surface area contributed by atoms with Crippen LogP contribution in [0.3, 0.4) is 0 Å². The topological polar surface area (TPSA) is 27.1 Å². The smallest absolute Gasteiger partial charge is 0.296 e. The SMILES string of the molecule is COc1ncc(I)n1C. The molecule has 4 heteroatoms. The van der Waals surface area contributed by atoms with Crippen LogP contribution in [0.2, 0.25) is 0 Å². The first kappa shape index (κ1) is 6.85. The fraction of sp³-hybridized carbons (Fsp3) is 0.400.